The zero-order valence-electron chi connectivity index (χ0n) is 7.78. The molecule has 12 heavy (non-hydrogen) atoms. The molecule has 0 amide bonds. The van der Waals surface area contributed by atoms with E-state index in [9.17, 15) is 0 Å². The molecule has 0 aromatic heterocycles. The maximum Gasteiger partial charge on any atom is 0.162 e. The van der Waals surface area contributed by atoms with Crippen molar-refractivity contribution >= 4 is 0 Å². The van der Waals surface area contributed by atoms with Crippen LogP contribution in [-0.4, -0.2) is 25.9 Å². The Kier molecular flexibility index (Phi) is 6.35. The molecule has 68 valence electrons. The fourth-order valence-electron chi connectivity index (χ4n) is 0.818. The largest absolute Gasteiger partial charge is 0.382 e. The van der Waals surface area contributed by atoms with Gasteiger partial charge in [0.15, 0.2) is 6.10 Å². The van der Waals surface area contributed by atoms with Gasteiger partial charge in [-0.1, -0.05) is 6.08 Å². The Bertz CT molecular complexity index is 172. The Hall–Kier alpha value is -0.850. The van der Waals surface area contributed by atoms with E-state index in [4.69, 9.17) is 14.7 Å². The average Bonchev–Trinajstić information content (AvgIpc) is 2.04. The predicted molar refractivity (Wildman–Crippen MR) is 46.6 cm³/mol. The molecule has 0 bridgehead atoms. The highest BCUT2D eigenvalue weighted by Crippen LogP contribution is 1.99. The molecule has 0 saturated heterocycles. The standard InChI is InChI=1S/C9H15NO2/c1-4-5-9(6-10)12-8(2)7-11-3/h4-5,8-9H,7H2,1-3H3/b5-4+/t8-,9-/m1/s1. The Morgan fingerprint density at radius 3 is 2.67 bits per heavy atom. The van der Waals surface area contributed by atoms with E-state index >= 15 is 0 Å². The van der Waals surface area contributed by atoms with Crippen LogP contribution in [0.3, 0.4) is 0 Å². The minimum Gasteiger partial charge on any atom is -0.382 e. The van der Waals surface area contributed by atoms with E-state index in [-0.39, 0.29) is 6.10 Å². The van der Waals surface area contributed by atoms with Crippen molar-refractivity contribution in [2.75, 3.05) is 13.7 Å². The van der Waals surface area contributed by atoms with Gasteiger partial charge in [-0.05, 0) is 19.9 Å². The van der Waals surface area contributed by atoms with Crippen LogP contribution in [0.25, 0.3) is 0 Å². The lowest BCUT2D eigenvalue weighted by molar-refractivity contribution is -0.000188. The summed E-state index contributed by atoms with van der Waals surface area (Å²) in [6.45, 7) is 4.24. The lowest BCUT2D eigenvalue weighted by atomic mass is 10.3. The first-order valence-corrected chi connectivity index (χ1v) is 3.91. The Labute approximate surface area is 73.6 Å². The zero-order chi connectivity index (χ0) is 9.40. The summed E-state index contributed by atoms with van der Waals surface area (Å²) < 4.78 is 10.2. The number of nitrogens with zero attached hydrogens (tertiary/aromatic N) is 1. The van der Waals surface area contributed by atoms with Gasteiger partial charge in [-0.25, -0.2) is 0 Å². The van der Waals surface area contributed by atoms with E-state index in [0.717, 1.165) is 0 Å². The van der Waals surface area contributed by atoms with E-state index < -0.39 is 6.10 Å². The maximum atomic E-state index is 8.61. The summed E-state index contributed by atoms with van der Waals surface area (Å²) in [5, 5.41) is 8.61. The summed E-state index contributed by atoms with van der Waals surface area (Å²) in [6, 6.07) is 2.03. The van der Waals surface area contributed by atoms with Gasteiger partial charge in [-0.15, -0.1) is 0 Å². The molecule has 0 spiro atoms. The number of allylic oxidation sites excluding steroid dienone is 1. The Morgan fingerprint density at radius 1 is 1.58 bits per heavy atom. The van der Waals surface area contributed by atoms with Crippen LogP contribution in [0.4, 0.5) is 0 Å². The molecular weight excluding hydrogens is 154 g/mol. The number of methoxy groups -OCH3 is 1. The van der Waals surface area contributed by atoms with Gasteiger partial charge in [0, 0.05) is 7.11 Å². The summed E-state index contributed by atoms with van der Waals surface area (Å²) in [4.78, 5) is 0. The molecule has 3 heteroatoms. The summed E-state index contributed by atoms with van der Waals surface area (Å²) in [6.07, 6.45) is 3.01. The number of rotatable bonds is 5. The minimum atomic E-state index is -0.458. The van der Waals surface area contributed by atoms with Crippen LogP contribution in [0.1, 0.15) is 13.8 Å². The van der Waals surface area contributed by atoms with Crippen LogP contribution >= 0.6 is 0 Å². The molecule has 0 aliphatic rings. The van der Waals surface area contributed by atoms with Gasteiger partial charge in [0.05, 0.1) is 18.8 Å². The highest BCUT2D eigenvalue weighted by Gasteiger charge is 2.08. The fourth-order valence-corrected chi connectivity index (χ4v) is 0.818. The van der Waals surface area contributed by atoms with Crippen molar-refractivity contribution in [1.29, 1.82) is 5.26 Å². The number of hydrogen-bond donors (Lipinski definition) is 0. The van der Waals surface area contributed by atoms with Crippen molar-refractivity contribution in [3.63, 3.8) is 0 Å². The van der Waals surface area contributed by atoms with Crippen LogP contribution in [0, 0.1) is 11.3 Å². The zero-order valence-corrected chi connectivity index (χ0v) is 7.78. The normalized spacial score (nSPS) is 15.8. The smallest absolute Gasteiger partial charge is 0.162 e. The molecule has 0 fully saturated rings. The first-order chi connectivity index (χ1) is 5.74. The summed E-state index contributed by atoms with van der Waals surface area (Å²) >= 11 is 0. The quantitative estimate of drug-likeness (QED) is 0.586. The molecule has 0 unspecified atom stereocenters. The van der Waals surface area contributed by atoms with Crippen molar-refractivity contribution in [3.8, 4) is 6.07 Å². The van der Waals surface area contributed by atoms with Crippen molar-refractivity contribution in [1.82, 2.24) is 0 Å². The molecule has 0 aliphatic heterocycles. The van der Waals surface area contributed by atoms with Crippen molar-refractivity contribution < 1.29 is 9.47 Å². The fraction of sp³-hybridized carbons (Fsp3) is 0.667. The van der Waals surface area contributed by atoms with E-state index in [2.05, 4.69) is 0 Å². The van der Waals surface area contributed by atoms with Crippen LogP contribution in [-0.2, 0) is 9.47 Å². The number of hydrogen-bond acceptors (Lipinski definition) is 3. The summed E-state index contributed by atoms with van der Waals surface area (Å²) in [5.41, 5.74) is 0. The van der Waals surface area contributed by atoms with Gasteiger partial charge >= 0.3 is 0 Å². The minimum absolute atomic E-state index is 0.0455. The van der Waals surface area contributed by atoms with Crippen molar-refractivity contribution in [3.05, 3.63) is 12.2 Å². The maximum absolute atomic E-state index is 8.61. The van der Waals surface area contributed by atoms with E-state index in [1.807, 2.05) is 19.9 Å². The third-order valence-electron chi connectivity index (χ3n) is 1.27. The molecule has 3 nitrogen and oxygen atoms in total. The predicted octanol–water partition coefficient (Wildman–Crippen LogP) is 1.51. The van der Waals surface area contributed by atoms with E-state index in [1.54, 1.807) is 19.3 Å². The molecule has 2 atom stereocenters. The molecule has 0 aliphatic carbocycles. The van der Waals surface area contributed by atoms with Crippen molar-refractivity contribution in [2.45, 2.75) is 26.1 Å². The molecule has 0 heterocycles. The highest BCUT2D eigenvalue weighted by atomic mass is 16.5. The van der Waals surface area contributed by atoms with E-state index in [1.165, 1.54) is 0 Å². The number of ether oxygens (including phenoxy) is 2. The van der Waals surface area contributed by atoms with Crippen LogP contribution < -0.4 is 0 Å². The first-order valence-electron chi connectivity index (χ1n) is 3.91. The third-order valence-corrected chi connectivity index (χ3v) is 1.27. The molecule has 0 aromatic rings. The van der Waals surface area contributed by atoms with Gasteiger partial charge in [0.1, 0.15) is 0 Å². The SMILES string of the molecule is C/C=C/[C@H](C#N)O[C@H](C)COC. The average molecular weight is 169 g/mol. The van der Waals surface area contributed by atoms with E-state index in [0.29, 0.717) is 6.61 Å². The number of nitriles is 1. The van der Waals surface area contributed by atoms with Crippen molar-refractivity contribution in [2.24, 2.45) is 0 Å². The molecular formula is C9H15NO2. The van der Waals surface area contributed by atoms with Crippen LogP contribution in [0.5, 0.6) is 0 Å². The van der Waals surface area contributed by atoms with Gasteiger partial charge in [0.2, 0.25) is 0 Å². The lowest BCUT2D eigenvalue weighted by Crippen LogP contribution is -2.20. The molecule has 0 saturated carbocycles. The third kappa shape index (κ3) is 4.89. The first kappa shape index (κ1) is 11.2. The van der Waals surface area contributed by atoms with Crippen LogP contribution in [0.2, 0.25) is 0 Å². The van der Waals surface area contributed by atoms with Crippen LogP contribution in [0.15, 0.2) is 12.2 Å². The molecule has 0 radical (unpaired) electrons. The summed E-state index contributed by atoms with van der Waals surface area (Å²) in [5.74, 6) is 0. The monoisotopic (exact) mass is 169 g/mol. The van der Waals surface area contributed by atoms with Gasteiger partial charge < -0.3 is 9.47 Å². The Morgan fingerprint density at radius 2 is 2.25 bits per heavy atom. The van der Waals surface area contributed by atoms with Gasteiger partial charge in [0.25, 0.3) is 0 Å². The lowest BCUT2D eigenvalue weighted by Gasteiger charge is -2.13. The van der Waals surface area contributed by atoms with Gasteiger partial charge in [-0.3, -0.25) is 0 Å². The molecule has 0 rings (SSSR count). The topological polar surface area (TPSA) is 42.2 Å². The molecule has 0 N–H and O–H groups in total. The molecule has 0 aromatic carbocycles. The summed E-state index contributed by atoms with van der Waals surface area (Å²) in [7, 11) is 1.61. The van der Waals surface area contributed by atoms with Gasteiger partial charge in [-0.2, -0.15) is 5.26 Å². The second-order valence-electron chi connectivity index (χ2n) is 2.48. The highest BCUT2D eigenvalue weighted by molar-refractivity contribution is 5.01. The Balaban J connectivity index is 3.79. The second kappa shape index (κ2) is 6.84. The second-order valence-corrected chi connectivity index (χ2v) is 2.48.